The maximum atomic E-state index is 5.92. The normalized spacial score (nSPS) is 20.0. The van der Waals surface area contributed by atoms with Gasteiger partial charge in [-0.15, -0.1) is 0 Å². The zero-order valence-corrected chi connectivity index (χ0v) is 10.7. The van der Waals surface area contributed by atoms with Crippen molar-refractivity contribution in [3.05, 3.63) is 0 Å². The topological polar surface area (TPSA) is 38.0 Å². The predicted octanol–water partition coefficient (Wildman–Crippen LogP) is 2.67. The van der Waals surface area contributed by atoms with Crippen molar-refractivity contribution in [2.45, 2.75) is 64.8 Å². The van der Waals surface area contributed by atoms with Gasteiger partial charge in [0.15, 0.2) is 0 Å². The van der Waals surface area contributed by atoms with E-state index in [1.165, 1.54) is 38.5 Å². The summed E-state index contributed by atoms with van der Waals surface area (Å²) in [6.45, 7) is 8.74. The molecule has 1 aliphatic rings. The molecule has 0 unspecified atom stereocenters. The Morgan fingerprint density at radius 3 is 2.07 bits per heavy atom. The van der Waals surface area contributed by atoms with Crippen LogP contribution in [-0.4, -0.2) is 18.6 Å². The monoisotopic (exact) mass is 212 g/mol. The number of nitrogens with two attached hydrogens (primary N) is 1. The van der Waals surface area contributed by atoms with Crippen LogP contribution < -0.4 is 11.1 Å². The molecule has 1 aliphatic carbocycles. The molecule has 2 nitrogen and oxygen atoms in total. The van der Waals surface area contributed by atoms with Crippen molar-refractivity contribution in [1.29, 1.82) is 0 Å². The molecule has 0 heterocycles. The Morgan fingerprint density at radius 1 is 1.20 bits per heavy atom. The average Bonchev–Trinajstić information content (AvgIpc) is 2.24. The number of hydrogen-bond acceptors (Lipinski definition) is 2. The SMILES string of the molecule is CCC(CC)(CN)CNC1(CC)CCC1. The van der Waals surface area contributed by atoms with E-state index in [4.69, 9.17) is 5.73 Å². The molecule has 0 aromatic heterocycles. The number of rotatable bonds is 7. The highest BCUT2D eigenvalue weighted by Crippen LogP contribution is 2.36. The van der Waals surface area contributed by atoms with Crippen LogP contribution in [0, 0.1) is 5.41 Å². The van der Waals surface area contributed by atoms with Crippen LogP contribution in [0.4, 0.5) is 0 Å². The molecule has 0 aliphatic heterocycles. The Labute approximate surface area is 95.0 Å². The summed E-state index contributed by atoms with van der Waals surface area (Å²) in [7, 11) is 0. The lowest BCUT2D eigenvalue weighted by Gasteiger charge is -2.45. The van der Waals surface area contributed by atoms with Gasteiger partial charge in [0.25, 0.3) is 0 Å². The molecule has 0 amide bonds. The van der Waals surface area contributed by atoms with Gasteiger partial charge in [-0.1, -0.05) is 20.8 Å². The molecular formula is C13H28N2. The second-order valence-electron chi connectivity index (χ2n) is 5.25. The van der Waals surface area contributed by atoms with Crippen LogP contribution in [0.5, 0.6) is 0 Å². The fourth-order valence-corrected chi connectivity index (χ4v) is 2.49. The molecule has 3 N–H and O–H groups in total. The summed E-state index contributed by atoms with van der Waals surface area (Å²) in [6.07, 6.45) is 7.75. The summed E-state index contributed by atoms with van der Waals surface area (Å²) in [6, 6.07) is 0. The third kappa shape index (κ3) is 2.73. The van der Waals surface area contributed by atoms with Crippen LogP contribution in [0.25, 0.3) is 0 Å². The van der Waals surface area contributed by atoms with Gasteiger partial charge in [0.2, 0.25) is 0 Å². The van der Waals surface area contributed by atoms with E-state index < -0.39 is 0 Å². The van der Waals surface area contributed by atoms with Crippen molar-refractivity contribution in [2.24, 2.45) is 11.1 Å². The molecular weight excluding hydrogens is 184 g/mol. The van der Waals surface area contributed by atoms with Gasteiger partial charge in [-0.25, -0.2) is 0 Å². The summed E-state index contributed by atoms with van der Waals surface area (Å²) >= 11 is 0. The smallest absolute Gasteiger partial charge is 0.0179 e. The third-order valence-electron chi connectivity index (χ3n) is 4.76. The molecule has 0 aromatic rings. The summed E-state index contributed by atoms with van der Waals surface area (Å²) in [5.74, 6) is 0. The van der Waals surface area contributed by atoms with Crippen molar-refractivity contribution in [3.63, 3.8) is 0 Å². The van der Waals surface area contributed by atoms with Crippen LogP contribution in [0.15, 0.2) is 0 Å². The van der Waals surface area contributed by atoms with E-state index in [9.17, 15) is 0 Å². The lowest BCUT2D eigenvalue weighted by Crippen LogP contribution is -2.54. The van der Waals surface area contributed by atoms with Gasteiger partial charge >= 0.3 is 0 Å². The lowest BCUT2D eigenvalue weighted by molar-refractivity contribution is 0.138. The Kier molecular flexibility index (Phi) is 4.60. The molecule has 1 fully saturated rings. The zero-order chi connectivity index (χ0) is 11.4. The van der Waals surface area contributed by atoms with Crippen molar-refractivity contribution in [2.75, 3.05) is 13.1 Å². The van der Waals surface area contributed by atoms with Crippen molar-refractivity contribution in [1.82, 2.24) is 5.32 Å². The second-order valence-corrected chi connectivity index (χ2v) is 5.25. The van der Waals surface area contributed by atoms with Gasteiger partial charge < -0.3 is 11.1 Å². The first-order valence-corrected chi connectivity index (χ1v) is 6.61. The summed E-state index contributed by atoms with van der Waals surface area (Å²) in [5.41, 5.74) is 6.71. The van der Waals surface area contributed by atoms with E-state index in [1.807, 2.05) is 0 Å². The predicted molar refractivity (Wildman–Crippen MR) is 66.9 cm³/mol. The zero-order valence-electron chi connectivity index (χ0n) is 10.7. The van der Waals surface area contributed by atoms with Crippen LogP contribution in [0.2, 0.25) is 0 Å². The van der Waals surface area contributed by atoms with Gasteiger partial charge in [-0.3, -0.25) is 0 Å². The molecule has 0 saturated heterocycles. The fraction of sp³-hybridized carbons (Fsp3) is 1.00. The summed E-state index contributed by atoms with van der Waals surface area (Å²) in [4.78, 5) is 0. The number of nitrogens with one attached hydrogen (secondary N) is 1. The summed E-state index contributed by atoms with van der Waals surface area (Å²) in [5, 5.41) is 3.80. The van der Waals surface area contributed by atoms with Crippen LogP contribution in [0.1, 0.15) is 59.3 Å². The van der Waals surface area contributed by atoms with Gasteiger partial charge in [0.05, 0.1) is 0 Å². The Hall–Kier alpha value is -0.0800. The lowest BCUT2D eigenvalue weighted by atomic mass is 9.73. The largest absolute Gasteiger partial charge is 0.330 e. The van der Waals surface area contributed by atoms with Crippen LogP contribution in [-0.2, 0) is 0 Å². The highest BCUT2D eigenvalue weighted by molar-refractivity contribution is 4.96. The number of hydrogen-bond donors (Lipinski definition) is 2. The Morgan fingerprint density at radius 2 is 1.80 bits per heavy atom. The second kappa shape index (κ2) is 5.31. The average molecular weight is 212 g/mol. The van der Waals surface area contributed by atoms with Gasteiger partial charge in [-0.05, 0) is 50.5 Å². The van der Waals surface area contributed by atoms with E-state index in [-0.39, 0.29) is 0 Å². The minimum Gasteiger partial charge on any atom is -0.330 e. The van der Waals surface area contributed by atoms with Crippen molar-refractivity contribution < 1.29 is 0 Å². The first kappa shape index (κ1) is 13.0. The first-order valence-electron chi connectivity index (χ1n) is 6.61. The standard InChI is InChI=1S/C13H28N2/c1-4-12(5-2,10-14)11-15-13(6-3)8-7-9-13/h15H,4-11,14H2,1-3H3. The van der Waals surface area contributed by atoms with Crippen LogP contribution in [0.3, 0.4) is 0 Å². The Bertz CT molecular complexity index is 167. The molecule has 0 radical (unpaired) electrons. The minimum atomic E-state index is 0.331. The molecule has 2 heteroatoms. The molecule has 90 valence electrons. The van der Waals surface area contributed by atoms with Crippen molar-refractivity contribution in [3.8, 4) is 0 Å². The highest BCUT2D eigenvalue weighted by Gasteiger charge is 2.36. The van der Waals surface area contributed by atoms with E-state index in [0.29, 0.717) is 11.0 Å². The van der Waals surface area contributed by atoms with E-state index >= 15 is 0 Å². The van der Waals surface area contributed by atoms with Crippen molar-refractivity contribution >= 4 is 0 Å². The van der Waals surface area contributed by atoms with E-state index in [2.05, 4.69) is 26.1 Å². The third-order valence-corrected chi connectivity index (χ3v) is 4.76. The molecule has 15 heavy (non-hydrogen) atoms. The molecule has 0 bridgehead atoms. The summed E-state index contributed by atoms with van der Waals surface area (Å²) < 4.78 is 0. The highest BCUT2D eigenvalue weighted by atomic mass is 15.0. The minimum absolute atomic E-state index is 0.331. The molecule has 0 aromatic carbocycles. The quantitative estimate of drug-likeness (QED) is 0.681. The Balaban J connectivity index is 2.45. The maximum absolute atomic E-state index is 5.92. The van der Waals surface area contributed by atoms with Gasteiger partial charge in [-0.2, -0.15) is 0 Å². The maximum Gasteiger partial charge on any atom is 0.0179 e. The molecule has 0 atom stereocenters. The van der Waals surface area contributed by atoms with E-state index in [1.54, 1.807) is 0 Å². The van der Waals surface area contributed by atoms with E-state index in [0.717, 1.165) is 13.1 Å². The molecule has 0 spiro atoms. The van der Waals surface area contributed by atoms with Gasteiger partial charge in [0, 0.05) is 12.1 Å². The van der Waals surface area contributed by atoms with Gasteiger partial charge in [0.1, 0.15) is 0 Å². The fourth-order valence-electron chi connectivity index (χ4n) is 2.49. The molecule has 1 rings (SSSR count). The van der Waals surface area contributed by atoms with Crippen LogP contribution >= 0.6 is 0 Å². The molecule has 1 saturated carbocycles. The first-order chi connectivity index (χ1) is 7.16.